The van der Waals surface area contributed by atoms with Crippen molar-refractivity contribution >= 4 is 21.6 Å². The van der Waals surface area contributed by atoms with Crippen LogP contribution in [0.4, 0.5) is 4.39 Å². The van der Waals surface area contributed by atoms with Gasteiger partial charge in [-0.2, -0.15) is 0 Å². The van der Waals surface area contributed by atoms with Crippen LogP contribution >= 0.6 is 11.6 Å². The summed E-state index contributed by atoms with van der Waals surface area (Å²) in [5.41, 5.74) is 0.0746. The molecule has 1 aliphatic heterocycles. The summed E-state index contributed by atoms with van der Waals surface area (Å²) in [4.78, 5) is 4.24. The van der Waals surface area contributed by atoms with E-state index in [9.17, 15) is 12.8 Å². The minimum Gasteiger partial charge on any atom is -0.335 e. The number of imidazole rings is 1. The molecule has 3 rings (SSSR count). The number of aromatic nitrogens is 2. The van der Waals surface area contributed by atoms with Gasteiger partial charge in [0, 0.05) is 42.5 Å². The highest BCUT2D eigenvalue weighted by Gasteiger charge is 2.21. The molecule has 1 aromatic carbocycles. The first-order valence-corrected chi connectivity index (χ1v) is 9.37. The molecule has 0 fully saturated rings. The number of halogens is 2. The summed E-state index contributed by atoms with van der Waals surface area (Å²) in [7, 11) is -3.61. The highest BCUT2D eigenvalue weighted by Crippen LogP contribution is 2.19. The van der Waals surface area contributed by atoms with Gasteiger partial charge in [-0.15, -0.1) is 0 Å². The molecule has 1 atom stereocenters. The van der Waals surface area contributed by atoms with Gasteiger partial charge < -0.3 is 4.57 Å². The van der Waals surface area contributed by atoms with Crippen molar-refractivity contribution in [1.82, 2.24) is 14.3 Å². The molecule has 0 spiro atoms. The van der Waals surface area contributed by atoms with Crippen LogP contribution in [0.15, 0.2) is 30.6 Å². The van der Waals surface area contributed by atoms with E-state index in [0.29, 0.717) is 11.6 Å². The van der Waals surface area contributed by atoms with Crippen LogP contribution in [0, 0.1) is 11.7 Å². The second kappa shape index (κ2) is 6.59. The van der Waals surface area contributed by atoms with Crippen LogP contribution in [-0.2, 0) is 28.7 Å². The molecule has 2 heterocycles. The van der Waals surface area contributed by atoms with Crippen LogP contribution in [0.25, 0.3) is 0 Å². The number of rotatable bonds is 5. The smallest absolute Gasteiger partial charge is 0.215 e. The number of sulfonamides is 1. The van der Waals surface area contributed by atoms with Gasteiger partial charge in [-0.1, -0.05) is 11.6 Å². The lowest BCUT2D eigenvalue weighted by Crippen LogP contribution is -2.34. The number of hydrogen-bond acceptors (Lipinski definition) is 3. The highest BCUT2D eigenvalue weighted by atomic mass is 35.5. The Kier molecular flexibility index (Phi) is 4.70. The zero-order valence-electron chi connectivity index (χ0n) is 12.4. The van der Waals surface area contributed by atoms with E-state index in [4.69, 9.17) is 11.6 Å². The molecule has 0 aliphatic carbocycles. The van der Waals surface area contributed by atoms with Crippen molar-refractivity contribution in [2.75, 3.05) is 6.54 Å². The van der Waals surface area contributed by atoms with Crippen molar-refractivity contribution in [2.24, 2.45) is 5.92 Å². The standard InChI is InChI=1S/C15H17ClFN3O2S/c16-13-2-3-14(17)12(7-13)10-23(21,22)19-8-11-1-4-15-18-5-6-20(15)9-11/h2-3,5-7,11,19H,1,4,8-10H2/t11-/m1/s1. The molecule has 0 bridgehead atoms. The lowest BCUT2D eigenvalue weighted by atomic mass is 10.00. The first kappa shape index (κ1) is 16.4. The van der Waals surface area contributed by atoms with Crippen molar-refractivity contribution in [3.05, 3.63) is 52.8 Å². The zero-order valence-corrected chi connectivity index (χ0v) is 13.9. The first-order chi connectivity index (χ1) is 10.9. The fourth-order valence-corrected chi connectivity index (χ4v) is 4.18. The van der Waals surface area contributed by atoms with Crippen LogP contribution in [0.3, 0.4) is 0 Å². The maximum atomic E-state index is 13.7. The summed E-state index contributed by atoms with van der Waals surface area (Å²) in [6.45, 7) is 1.07. The van der Waals surface area contributed by atoms with Crippen LogP contribution in [0.2, 0.25) is 5.02 Å². The summed E-state index contributed by atoms with van der Waals surface area (Å²) in [6.07, 6.45) is 5.37. The Hall–Kier alpha value is -1.44. The number of nitrogens with zero attached hydrogens (tertiary/aromatic N) is 2. The van der Waals surface area contributed by atoms with E-state index in [1.807, 2.05) is 10.8 Å². The third kappa shape index (κ3) is 4.10. The predicted octanol–water partition coefficient (Wildman–Crippen LogP) is 2.36. The van der Waals surface area contributed by atoms with E-state index in [0.717, 1.165) is 25.2 Å². The fraction of sp³-hybridized carbons (Fsp3) is 0.400. The van der Waals surface area contributed by atoms with Gasteiger partial charge in [0.1, 0.15) is 11.6 Å². The average Bonchev–Trinajstić information content (AvgIpc) is 2.96. The van der Waals surface area contributed by atoms with Crippen LogP contribution in [0.1, 0.15) is 17.8 Å². The van der Waals surface area contributed by atoms with Crippen molar-refractivity contribution in [3.8, 4) is 0 Å². The molecular formula is C15H17ClFN3O2S. The molecule has 23 heavy (non-hydrogen) atoms. The van der Waals surface area contributed by atoms with E-state index in [-0.39, 0.29) is 11.5 Å². The Balaban J connectivity index is 1.60. The van der Waals surface area contributed by atoms with Crippen molar-refractivity contribution < 1.29 is 12.8 Å². The van der Waals surface area contributed by atoms with E-state index in [1.165, 1.54) is 18.2 Å². The Morgan fingerprint density at radius 2 is 2.26 bits per heavy atom. The van der Waals surface area contributed by atoms with Gasteiger partial charge in [-0.3, -0.25) is 0 Å². The molecule has 0 radical (unpaired) electrons. The van der Waals surface area contributed by atoms with Crippen molar-refractivity contribution in [1.29, 1.82) is 0 Å². The number of benzene rings is 1. The number of aryl methyl sites for hydroxylation is 1. The monoisotopic (exact) mass is 357 g/mol. The maximum Gasteiger partial charge on any atom is 0.215 e. The number of hydrogen-bond donors (Lipinski definition) is 1. The Labute approximate surface area is 139 Å². The molecule has 0 unspecified atom stereocenters. The van der Waals surface area contributed by atoms with Gasteiger partial charge in [0.2, 0.25) is 10.0 Å². The van der Waals surface area contributed by atoms with E-state index >= 15 is 0 Å². The van der Waals surface area contributed by atoms with Gasteiger partial charge >= 0.3 is 0 Å². The van der Waals surface area contributed by atoms with Crippen LogP contribution < -0.4 is 4.72 Å². The summed E-state index contributed by atoms with van der Waals surface area (Å²) in [5, 5.41) is 0.316. The van der Waals surface area contributed by atoms with Gasteiger partial charge in [0.15, 0.2) is 0 Å². The summed E-state index contributed by atoms with van der Waals surface area (Å²) in [5.74, 6) is 0.254. The molecule has 0 saturated carbocycles. The number of fused-ring (bicyclic) bond motifs is 1. The quantitative estimate of drug-likeness (QED) is 0.893. The van der Waals surface area contributed by atoms with E-state index in [2.05, 4.69) is 9.71 Å². The molecule has 0 amide bonds. The lowest BCUT2D eigenvalue weighted by molar-refractivity contribution is 0.363. The highest BCUT2D eigenvalue weighted by molar-refractivity contribution is 7.88. The van der Waals surface area contributed by atoms with Gasteiger partial charge in [-0.25, -0.2) is 22.5 Å². The van der Waals surface area contributed by atoms with E-state index in [1.54, 1.807) is 6.20 Å². The van der Waals surface area contributed by atoms with Crippen LogP contribution in [0.5, 0.6) is 0 Å². The molecule has 8 heteroatoms. The topological polar surface area (TPSA) is 64.0 Å². The fourth-order valence-electron chi connectivity index (χ4n) is 2.76. The summed E-state index contributed by atoms with van der Waals surface area (Å²) < 4.78 is 42.6. The Bertz CT molecular complexity index is 807. The largest absolute Gasteiger partial charge is 0.335 e. The summed E-state index contributed by atoms with van der Waals surface area (Å²) >= 11 is 5.79. The predicted molar refractivity (Wildman–Crippen MR) is 86.1 cm³/mol. The molecule has 5 nitrogen and oxygen atoms in total. The van der Waals surface area contributed by atoms with Gasteiger partial charge in [0.05, 0.1) is 5.75 Å². The minimum atomic E-state index is -3.61. The normalized spacial score (nSPS) is 17.9. The minimum absolute atomic E-state index is 0.0746. The molecule has 2 aromatic rings. The average molecular weight is 358 g/mol. The molecule has 1 N–H and O–H groups in total. The van der Waals surface area contributed by atoms with Crippen molar-refractivity contribution in [2.45, 2.75) is 25.1 Å². The molecular weight excluding hydrogens is 341 g/mol. The molecule has 1 aliphatic rings. The van der Waals surface area contributed by atoms with E-state index < -0.39 is 21.6 Å². The zero-order chi connectivity index (χ0) is 16.4. The lowest BCUT2D eigenvalue weighted by Gasteiger charge is -2.23. The van der Waals surface area contributed by atoms with Crippen LogP contribution in [-0.4, -0.2) is 24.5 Å². The Morgan fingerprint density at radius 3 is 3.09 bits per heavy atom. The third-order valence-electron chi connectivity index (χ3n) is 3.98. The summed E-state index contributed by atoms with van der Waals surface area (Å²) in [6, 6.07) is 3.91. The number of nitrogens with one attached hydrogen (secondary N) is 1. The first-order valence-electron chi connectivity index (χ1n) is 7.34. The molecule has 1 aromatic heterocycles. The third-order valence-corrected chi connectivity index (χ3v) is 5.51. The maximum absolute atomic E-state index is 13.7. The van der Waals surface area contributed by atoms with Gasteiger partial charge in [0.25, 0.3) is 0 Å². The molecule has 124 valence electrons. The Morgan fingerprint density at radius 1 is 1.43 bits per heavy atom. The van der Waals surface area contributed by atoms with Crippen molar-refractivity contribution in [3.63, 3.8) is 0 Å². The second-order valence-electron chi connectivity index (χ2n) is 5.74. The second-order valence-corrected chi connectivity index (χ2v) is 7.99. The van der Waals surface area contributed by atoms with Gasteiger partial charge in [-0.05, 0) is 30.5 Å². The SMILES string of the molecule is O=S(=O)(Cc1cc(Cl)ccc1F)NC[C@H]1CCc2nccn2C1. The molecule has 0 saturated heterocycles.